The van der Waals surface area contributed by atoms with Gasteiger partial charge in [-0.3, -0.25) is 4.79 Å². The highest BCUT2D eigenvalue weighted by Crippen LogP contribution is 2.06. The smallest absolute Gasteiger partial charge is 0.323 e. The topological polar surface area (TPSA) is 38.3 Å². The van der Waals surface area contributed by atoms with E-state index in [1.807, 2.05) is 58.0 Å². The van der Waals surface area contributed by atoms with Gasteiger partial charge in [0.1, 0.15) is 6.04 Å². The van der Waals surface area contributed by atoms with Crippen LogP contribution in [0, 0.1) is 0 Å². The first-order valence-corrected chi connectivity index (χ1v) is 6.49. The zero-order valence-electron chi connectivity index (χ0n) is 11.6. The Balaban J connectivity index is 2.69. The van der Waals surface area contributed by atoms with Crippen LogP contribution in [0.15, 0.2) is 30.3 Å². The van der Waals surface area contributed by atoms with Gasteiger partial charge in [-0.05, 0) is 25.8 Å². The number of esters is 1. The molecule has 1 atom stereocenters. The lowest BCUT2D eigenvalue weighted by Crippen LogP contribution is -2.44. The van der Waals surface area contributed by atoms with Gasteiger partial charge in [0.15, 0.2) is 0 Å². The third kappa shape index (κ3) is 5.32. The molecule has 1 aromatic rings. The molecule has 18 heavy (non-hydrogen) atoms. The molecule has 1 N–H and O–H groups in total. The van der Waals surface area contributed by atoms with E-state index in [1.165, 1.54) is 0 Å². The van der Waals surface area contributed by atoms with Crippen LogP contribution in [0.2, 0.25) is 0 Å². The number of hydrogen-bond acceptors (Lipinski definition) is 3. The van der Waals surface area contributed by atoms with Crippen LogP contribution in [0.25, 0.3) is 0 Å². The maximum Gasteiger partial charge on any atom is 0.323 e. The lowest BCUT2D eigenvalue weighted by atomic mass is 10.1. The summed E-state index contributed by atoms with van der Waals surface area (Å²) in [5.74, 6) is -0.178. The monoisotopic (exact) mass is 249 g/mol. The highest BCUT2D eigenvalue weighted by atomic mass is 16.5. The van der Waals surface area contributed by atoms with Crippen molar-refractivity contribution < 1.29 is 9.53 Å². The molecule has 0 saturated carbocycles. The normalized spacial score (nSPS) is 12.8. The number of carbonyl (C=O) groups excluding carboxylic acids is 1. The molecule has 0 aliphatic rings. The predicted octanol–water partition coefficient (Wildman–Crippen LogP) is 2.55. The van der Waals surface area contributed by atoms with E-state index in [-0.39, 0.29) is 24.2 Å². The highest BCUT2D eigenvalue weighted by molar-refractivity contribution is 5.76. The molecule has 0 heterocycles. The summed E-state index contributed by atoms with van der Waals surface area (Å²) in [7, 11) is 0. The van der Waals surface area contributed by atoms with Crippen molar-refractivity contribution in [3.05, 3.63) is 35.9 Å². The summed E-state index contributed by atoms with van der Waals surface area (Å²) >= 11 is 0. The van der Waals surface area contributed by atoms with Crippen LogP contribution < -0.4 is 5.32 Å². The lowest BCUT2D eigenvalue weighted by Gasteiger charge is -2.21. The maximum atomic E-state index is 12.0. The zero-order valence-corrected chi connectivity index (χ0v) is 11.6. The largest absolute Gasteiger partial charge is 0.462 e. The summed E-state index contributed by atoms with van der Waals surface area (Å²) in [6.45, 7) is 7.79. The van der Waals surface area contributed by atoms with Gasteiger partial charge in [0.25, 0.3) is 0 Å². The molecule has 0 aliphatic carbocycles. The second-order valence-electron chi connectivity index (χ2n) is 5.05. The van der Waals surface area contributed by atoms with Crippen LogP contribution >= 0.6 is 0 Å². The van der Waals surface area contributed by atoms with E-state index in [0.29, 0.717) is 6.42 Å². The minimum Gasteiger partial charge on any atom is -0.462 e. The maximum absolute atomic E-state index is 12.0. The Morgan fingerprint density at radius 1 is 1.17 bits per heavy atom. The van der Waals surface area contributed by atoms with E-state index in [9.17, 15) is 4.79 Å². The fraction of sp³-hybridized carbons (Fsp3) is 0.533. The molecule has 1 rings (SSSR count). The molecular formula is C15H23NO2. The Bertz CT molecular complexity index is 360. The van der Waals surface area contributed by atoms with Gasteiger partial charge >= 0.3 is 5.97 Å². The van der Waals surface area contributed by atoms with Crippen molar-refractivity contribution >= 4 is 5.97 Å². The summed E-state index contributed by atoms with van der Waals surface area (Å²) in [6.07, 6.45) is 0.578. The summed E-state index contributed by atoms with van der Waals surface area (Å²) < 4.78 is 5.28. The fourth-order valence-corrected chi connectivity index (χ4v) is 1.78. The van der Waals surface area contributed by atoms with Crippen LogP contribution in [0.3, 0.4) is 0 Å². The average Bonchev–Trinajstić information content (AvgIpc) is 2.28. The molecule has 0 aromatic heterocycles. The Labute approximate surface area is 110 Å². The molecule has 3 heteroatoms. The Kier molecular flexibility index (Phi) is 5.86. The quantitative estimate of drug-likeness (QED) is 0.787. The molecule has 0 bridgehead atoms. The number of ether oxygens (including phenoxy) is 1. The molecule has 0 radical (unpaired) electrons. The van der Waals surface area contributed by atoms with Gasteiger partial charge in [-0.2, -0.15) is 0 Å². The molecule has 0 amide bonds. The minimum absolute atomic E-state index is 0.0789. The Morgan fingerprint density at radius 2 is 1.78 bits per heavy atom. The number of benzene rings is 1. The molecule has 0 aliphatic heterocycles. The van der Waals surface area contributed by atoms with Crippen molar-refractivity contribution in [2.75, 3.05) is 0 Å². The zero-order chi connectivity index (χ0) is 13.5. The number of carbonyl (C=O) groups is 1. The molecule has 3 nitrogen and oxygen atoms in total. The van der Waals surface area contributed by atoms with E-state index in [2.05, 4.69) is 5.32 Å². The van der Waals surface area contributed by atoms with Crippen LogP contribution in [-0.4, -0.2) is 24.2 Å². The van der Waals surface area contributed by atoms with Gasteiger partial charge in [0.05, 0.1) is 6.10 Å². The molecular weight excluding hydrogens is 226 g/mol. The Hall–Kier alpha value is -1.35. The van der Waals surface area contributed by atoms with Crippen molar-refractivity contribution in [1.29, 1.82) is 0 Å². The summed E-state index contributed by atoms with van der Waals surface area (Å²) in [4.78, 5) is 12.0. The van der Waals surface area contributed by atoms with Crippen molar-refractivity contribution in [2.45, 2.75) is 52.3 Å². The number of nitrogens with one attached hydrogen (secondary N) is 1. The van der Waals surface area contributed by atoms with Gasteiger partial charge in [0, 0.05) is 6.04 Å². The van der Waals surface area contributed by atoms with Gasteiger partial charge in [-0.25, -0.2) is 0 Å². The first-order chi connectivity index (χ1) is 8.49. The van der Waals surface area contributed by atoms with E-state index < -0.39 is 0 Å². The van der Waals surface area contributed by atoms with Gasteiger partial charge < -0.3 is 10.1 Å². The molecule has 0 spiro atoms. The number of rotatable bonds is 6. The Morgan fingerprint density at radius 3 is 2.28 bits per heavy atom. The number of hydrogen-bond donors (Lipinski definition) is 1. The summed E-state index contributed by atoms with van der Waals surface area (Å²) in [5, 5.41) is 3.26. The third-order valence-corrected chi connectivity index (χ3v) is 2.45. The van der Waals surface area contributed by atoms with E-state index >= 15 is 0 Å². The van der Waals surface area contributed by atoms with Gasteiger partial charge in [0.2, 0.25) is 0 Å². The third-order valence-electron chi connectivity index (χ3n) is 2.45. The van der Waals surface area contributed by atoms with Crippen molar-refractivity contribution in [3.8, 4) is 0 Å². The molecule has 1 aromatic carbocycles. The standard InChI is InChI=1S/C15H23NO2/c1-11(2)16-14(15(17)18-12(3)4)10-13-8-6-5-7-9-13/h5-9,11-12,14,16H,10H2,1-4H3/t14-/m0/s1. The minimum atomic E-state index is -0.283. The van der Waals surface area contributed by atoms with E-state index in [4.69, 9.17) is 4.74 Å². The van der Waals surface area contributed by atoms with Crippen LogP contribution in [0.4, 0.5) is 0 Å². The van der Waals surface area contributed by atoms with E-state index in [0.717, 1.165) is 5.56 Å². The first-order valence-electron chi connectivity index (χ1n) is 6.49. The predicted molar refractivity (Wildman–Crippen MR) is 73.4 cm³/mol. The lowest BCUT2D eigenvalue weighted by molar-refractivity contribution is -0.150. The SMILES string of the molecule is CC(C)N[C@@H](Cc1ccccc1)C(=O)OC(C)C. The van der Waals surface area contributed by atoms with Crippen LogP contribution in [0.1, 0.15) is 33.3 Å². The average molecular weight is 249 g/mol. The van der Waals surface area contributed by atoms with Crippen LogP contribution in [-0.2, 0) is 16.0 Å². The van der Waals surface area contributed by atoms with Gasteiger partial charge in [-0.1, -0.05) is 44.2 Å². The molecule has 0 saturated heterocycles. The summed E-state index contributed by atoms with van der Waals surface area (Å²) in [6, 6.07) is 9.95. The fourth-order valence-electron chi connectivity index (χ4n) is 1.78. The van der Waals surface area contributed by atoms with Crippen molar-refractivity contribution in [3.63, 3.8) is 0 Å². The second-order valence-corrected chi connectivity index (χ2v) is 5.05. The van der Waals surface area contributed by atoms with Gasteiger partial charge in [-0.15, -0.1) is 0 Å². The molecule has 100 valence electrons. The molecule has 0 fully saturated rings. The first kappa shape index (κ1) is 14.7. The van der Waals surface area contributed by atoms with Crippen LogP contribution in [0.5, 0.6) is 0 Å². The van der Waals surface area contributed by atoms with Crippen molar-refractivity contribution in [2.24, 2.45) is 0 Å². The van der Waals surface area contributed by atoms with Crippen molar-refractivity contribution in [1.82, 2.24) is 5.32 Å². The molecule has 0 unspecified atom stereocenters. The highest BCUT2D eigenvalue weighted by Gasteiger charge is 2.21. The van der Waals surface area contributed by atoms with E-state index in [1.54, 1.807) is 0 Å². The summed E-state index contributed by atoms with van der Waals surface area (Å²) in [5.41, 5.74) is 1.14. The second kappa shape index (κ2) is 7.17.